The van der Waals surface area contributed by atoms with Gasteiger partial charge >= 0.3 is 0 Å². The molecule has 0 radical (unpaired) electrons. The zero-order chi connectivity index (χ0) is 15.6. The molecule has 2 rings (SSSR count). The lowest BCUT2D eigenvalue weighted by Crippen LogP contribution is -2.18. The van der Waals surface area contributed by atoms with Crippen LogP contribution in [0.5, 0.6) is 0 Å². The summed E-state index contributed by atoms with van der Waals surface area (Å²) in [4.78, 5) is 18.6. The molecule has 1 aromatic carbocycles. The molecule has 0 saturated carbocycles. The van der Waals surface area contributed by atoms with Crippen LogP contribution in [0.1, 0.15) is 41.7 Å². The molecule has 112 valence electrons. The van der Waals surface area contributed by atoms with Gasteiger partial charge in [-0.2, -0.15) is 0 Å². The van der Waals surface area contributed by atoms with E-state index in [1.165, 1.54) is 11.3 Å². The maximum Gasteiger partial charge on any atom is 0.186 e. The monoisotopic (exact) mass is 322 g/mol. The number of rotatable bonds is 4. The molecule has 0 fully saturated rings. The fraction of sp³-hybridized carbons (Fsp3) is 0.375. The Bertz CT molecular complexity index is 646. The van der Waals surface area contributed by atoms with Gasteiger partial charge in [0.25, 0.3) is 0 Å². The van der Waals surface area contributed by atoms with Gasteiger partial charge in [0.2, 0.25) is 0 Å². The quantitative estimate of drug-likeness (QED) is 0.775. The summed E-state index contributed by atoms with van der Waals surface area (Å²) in [5.74, 6) is 0. The van der Waals surface area contributed by atoms with Crippen molar-refractivity contribution in [2.75, 3.05) is 11.9 Å². The van der Waals surface area contributed by atoms with E-state index in [1.807, 2.05) is 36.2 Å². The second-order valence-electron chi connectivity index (χ2n) is 6.02. The van der Waals surface area contributed by atoms with E-state index < -0.39 is 0 Å². The molecule has 0 atom stereocenters. The number of nitrogens with zero attached hydrogens (tertiary/aromatic N) is 2. The van der Waals surface area contributed by atoms with Crippen molar-refractivity contribution in [3.05, 3.63) is 45.4 Å². The van der Waals surface area contributed by atoms with Gasteiger partial charge in [0.15, 0.2) is 11.4 Å². The van der Waals surface area contributed by atoms with Gasteiger partial charge in [-0.25, -0.2) is 4.98 Å². The molecular weight excluding hydrogens is 304 g/mol. The molecule has 0 unspecified atom stereocenters. The van der Waals surface area contributed by atoms with Crippen molar-refractivity contribution in [2.24, 2.45) is 0 Å². The third-order valence-electron chi connectivity index (χ3n) is 3.15. The SMILES string of the molecule is CN(Cc1ccccc1Cl)c1nc(C(C)(C)C)c(C=O)s1. The fourth-order valence-corrected chi connectivity index (χ4v) is 3.30. The van der Waals surface area contributed by atoms with E-state index in [1.54, 1.807) is 0 Å². The summed E-state index contributed by atoms with van der Waals surface area (Å²) in [6, 6.07) is 7.76. The molecule has 1 heterocycles. The van der Waals surface area contributed by atoms with Crippen LogP contribution in [0, 0.1) is 0 Å². The largest absolute Gasteiger partial charge is 0.347 e. The maximum atomic E-state index is 11.3. The molecule has 0 spiro atoms. The minimum absolute atomic E-state index is 0.143. The minimum Gasteiger partial charge on any atom is -0.347 e. The van der Waals surface area contributed by atoms with Crippen molar-refractivity contribution in [3.63, 3.8) is 0 Å². The number of aldehydes is 1. The number of anilines is 1. The van der Waals surface area contributed by atoms with E-state index in [0.717, 1.165) is 27.7 Å². The normalized spacial score (nSPS) is 11.5. The Labute approximate surface area is 134 Å². The van der Waals surface area contributed by atoms with Gasteiger partial charge in [0.05, 0.1) is 10.6 Å². The lowest BCUT2D eigenvalue weighted by Gasteiger charge is -2.18. The van der Waals surface area contributed by atoms with Crippen LogP contribution in [0.2, 0.25) is 5.02 Å². The number of carbonyl (C=O) groups is 1. The minimum atomic E-state index is -0.143. The highest BCUT2D eigenvalue weighted by Gasteiger charge is 2.24. The fourth-order valence-electron chi connectivity index (χ4n) is 2.05. The predicted octanol–water partition coefficient (Wildman–Crippen LogP) is 4.54. The first-order chi connectivity index (χ1) is 9.82. The molecule has 21 heavy (non-hydrogen) atoms. The van der Waals surface area contributed by atoms with Gasteiger partial charge in [-0.3, -0.25) is 4.79 Å². The average Bonchev–Trinajstić information content (AvgIpc) is 2.85. The van der Waals surface area contributed by atoms with Crippen LogP contribution in [0.15, 0.2) is 24.3 Å². The van der Waals surface area contributed by atoms with Crippen molar-refractivity contribution in [1.29, 1.82) is 0 Å². The molecular formula is C16H19ClN2OS. The van der Waals surface area contributed by atoms with E-state index in [9.17, 15) is 4.79 Å². The van der Waals surface area contributed by atoms with Gasteiger partial charge in [-0.05, 0) is 11.6 Å². The number of aromatic nitrogens is 1. The molecule has 0 aliphatic heterocycles. The van der Waals surface area contributed by atoms with Crippen LogP contribution in [-0.4, -0.2) is 18.3 Å². The lowest BCUT2D eigenvalue weighted by molar-refractivity contribution is 0.112. The molecule has 0 aliphatic carbocycles. The van der Waals surface area contributed by atoms with Gasteiger partial charge in [-0.15, -0.1) is 0 Å². The molecule has 0 saturated heterocycles. The number of benzene rings is 1. The Morgan fingerprint density at radius 1 is 1.33 bits per heavy atom. The highest BCUT2D eigenvalue weighted by molar-refractivity contribution is 7.17. The Hall–Kier alpha value is -1.39. The van der Waals surface area contributed by atoms with Crippen molar-refractivity contribution in [2.45, 2.75) is 32.7 Å². The zero-order valence-electron chi connectivity index (χ0n) is 12.7. The summed E-state index contributed by atoms with van der Waals surface area (Å²) in [5.41, 5.74) is 1.75. The standard InChI is InChI=1S/C16H19ClN2OS/c1-16(2,3)14-13(10-20)21-15(18-14)19(4)9-11-7-5-6-8-12(11)17/h5-8,10H,9H2,1-4H3. The molecule has 3 nitrogen and oxygen atoms in total. The summed E-state index contributed by atoms with van der Waals surface area (Å²) in [6.07, 6.45) is 0.894. The van der Waals surface area contributed by atoms with Gasteiger partial charge in [0, 0.05) is 24.0 Å². The first-order valence-electron chi connectivity index (χ1n) is 6.74. The summed E-state index contributed by atoms with van der Waals surface area (Å²) in [7, 11) is 1.96. The van der Waals surface area contributed by atoms with E-state index in [0.29, 0.717) is 11.4 Å². The van der Waals surface area contributed by atoms with Crippen molar-refractivity contribution in [1.82, 2.24) is 4.98 Å². The number of carbonyl (C=O) groups excluding carboxylic acids is 1. The second-order valence-corrected chi connectivity index (χ2v) is 7.44. The van der Waals surface area contributed by atoms with Crippen molar-refractivity contribution in [3.8, 4) is 0 Å². The van der Waals surface area contributed by atoms with E-state index in [-0.39, 0.29) is 5.41 Å². The van der Waals surface area contributed by atoms with Crippen LogP contribution in [0.25, 0.3) is 0 Å². The highest BCUT2D eigenvalue weighted by atomic mass is 35.5. The van der Waals surface area contributed by atoms with Crippen LogP contribution in [0.4, 0.5) is 5.13 Å². The Balaban J connectivity index is 2.28. The van der Waals surface area contributed by atoms with Gasteiger partial charge in [0.1, 0.15) is 0 Å². The van der Waals surface area contributed by atoms with E-state index >= 15 is 0 Å². The van der Waals surface area contributed by atoms with Gasteiger partial charge in [-0.1, -0.05) is 61.9 Å². The van der Waals surface area contributed by atoms with Crippen LogP contribution in [-0.2, 0) is 12.0 Å². The lowest BCUT2D eigenvalue weighted by atomic mass is 9.91. The summed E-state index contributed by atoms with van der Waals surface area (Å²) in [6.45, 7) is 6.85. The smallest absolute Gasteiger partial charge is 0.186 e. The third-order valence-corrected chi connectivity index (χ3v) is 4.62. The van der Waals surface area contributed by atoms with Gasteiger partial charge < -0.3 is 4.90 Å². The zero-order valence-corrected chi connectivity index (χ0v) is 14.3. The van der Waals surface area contributed by atoms with Crippen LogP contribution < -0.4 is 4.90 Å². The van der Waals surface area contributed by atoms with Crippen molar-refractivity contribution < 1.29 is 4.79 Å². The summed E-state index contributed by atoms with van der Waals surface area (Å²) < 4.78 is 0. The van der Waals surface area contributed by atoms with E-state index in [4.69, 9.17) is 11.6 Å². The Kier molecular flexibility index (Phi) is 4.69. The summed E-state index contributed by atoms with van der Waals surface area (Å²) >= 11 is 7.62. The molecule has 0 aliphatic rings. The first-order valence-corrected chi connectivity index (χ1v) is 7.93. The molecule has 5 heteroatoms. The topological polar surface area (TPSA) is 33.2 Å². The van der Waals surface area contributed by atoms with Crippen molar-refractivity contribution >= 4 is 34.4 Å². The van der Waals surface area contributed by atoms with E-state index in [2.05, 4.69) is 25.8 Å². The number of hydrogen-bond donors (Lipinski definition) is 0. The average molecular weight is 323 g/mol. The molecule has 0 amide bonds. The molecule has 2 aromatic rings. The Morgan fingerprint density at radius 3 is 2.52 bits per heavy atom. The predicted molar refractivity (Wildman–Crippen MR) is 89.8 cm³/mol. The maximum absolute atomic E-state index is 11.3. The highest BCUT2D eigenvalue weighted by Crippen LogP contribution is 2.33. The van der Waals surface area contributed by atoms with Crippen LogP contribution >= 0.6 is 22.9 Å². The first kappa shape index (κ1) is 16.0. The third kappa shape index (κ3) is 3.63. The van der Waals surface area contributed by atoms with Crippen LogP contribution in [0.3, 0.4) is 0 Å². The number of halogens is 1. The molecule has 0 N–H and O–H groups in total. The number of thiazole rings is 1. The molecule has 0 bridgehead atoms. The Morgan fingerprint density at radius 2 is 2.00 bits per heavy atom. The number of hydrogen-bond acceptors (Lipinski definition) is 4. The summed E-state index contributed by atoms with van der Waals surface area (Å²) in [5, 5.41) is 1.58. The second kappa shape index (κ2) is 6.16. The molecule has 1 aromatic heterocycles.